The summed E-state index contributed by atoms with van der Waals surface area (Å²) in [7, 11) is 0. The molecule has 5 nitrogen and oxygen atoms in total. The number of hydrogen-bond acceptors (Lipinski definition) is 5. The Kier molecular flexibility index (Phi) is 4.01. The van der Waals surface area contributed by atoms with Crippen LogP contribution >= 0.6 is 11.3 Å². The first-order chi connectivity index (χ1) is 11.3. The highest BCUT2D eigenvalue weighted by molar-refractivity contribution is 7.22. The molecule has 2 aromatic heterocycles. The quantitative estimate of drug-likeness (QED) is 0.738. The molecule has 0 aliphatic carbocycles. The van der Waals surface area contributed by atoms with Crippen LogP contribution in [0.1, 0.15) is 5.69 Å². The normalized spacial score (nSPS) is 16.3. The molecule has 0 bridgehead atoms. The Morgan fingerprint density at radius 1 is 1.04 bits per heavy atom. The molecule has 0 amide bonds. The van der Waals surface area contributed by atoms with E-state index in [-0.39, 0.29) is 0 Å². The summed E-state index contributed by atoms with van der Waals surface area (Å²) in [5.41, 5.74) is 2.35. The summed E-state index contributed by atoms with van der Waals surface area (Å²) in [4.78, 5) is 9.71. The molecule has 0 spiro atoms. The van der Waals surface area contributed by atoms with E-state index in [0.29, 0.717) is 0 Å². The van der Waals surface area contributed by atoms with Crippen molar-refractivity contribution in [2.45, 2.75) is 13.5 Å². The summed E-state index contributed by atoms with van der Waals surface area (Å²) in [6, 6.07) is 10.4. The van der Waals surface area contributed by atoms with Gasteiger partial charge >= 0.3 is 0 Å². The summed E-state index contributed by atoms with van der Waals surface area (Å²) in [5.74, 6) is 0. The van der Waals surface area contributed by atoms with Crippen molar-refractivity contribution in [2.24, 2.45) is 0 Å². The zero-order chi connectivity index (χ0) is 15.6. The van der Waals surface area contributed by atoms with Crippen molar-refractivity contribution >= 4 is 26.7 Å². The third-order valence-corrected chi connectivity index (χ3v) is 5.58. The molecular weight excluding hydrogens is 306 g/mol. The Balaban J connectivity index is 1.34. The second kappa shape index (κ2) is 6.29. The van der Waals surface area contributed by atoms with Gasteiger partial charge < -0.3 is 4.90 Å². The van der Waals surface area contributed by atoms with E-state index in [1.165, 1.54) is 10.4 Å². The fraction of sp³-hybridized carbons (Fsp3) is 0.412. The fourth-order valence-electron chi connectivity index (χ4n) is 3.03. The van der Waals surface area contributed by atoms with Crippen LogP contribution in [0.4, 0.5) is 5.13 Å². The number of benzene rings is 1. The Morgan fingerprint density at radius 3 is 2.61 bits per heavy atom. The number of piperazine rings is 1. The van der Waals surface area contributed by atoms with Crippen LogP contribution in [0, 0.1) is 6.92 Å². The van der Waals surface area contributed by atoms with E-state index in [0.717, 1.165) is 49.9 Å². The number of fused-ring (bicyclic) bond motifs is 1. The number of nitrogens with zero attached hydrogens (tertiary/aromatic N) is 5. The highest BCUT2D eigenvalue weighted by Gasteiger charge is 2.19. The van der Waals surface area contributed by atoms with Gasteiger partial charge in [-0.1, -0.05) is 23.5 Å². The highest BCUT2D eigenvalue weighted by atomic mass is 32.1. The van der Waals surface area contributed by atoms with Gasteiger partial charge in [0.25, 0.3) is 0 Å². The summed E-state index contributed by atoms with van der Waals surface area (Å²) in [6.07, 6.45) is 1.88. The van der Waals surface area contributed by atoms with Gasteiger partial charge in [0.1, 0.15) is 0 Å². The topological polar surface area (TPSA) is 37.2 Å². The molecule has 1 aliphatic rings. The molecule has 1 saturated heterocycles. The van der Waals surface area contributed by atoms with Crippen LogP contribution in [0.25, 0.3) is 10.2 Å². The standard InChI is InChI=1S/C17H21N5S/c1-14-6-7-18-22(14)13-10-20-8-11-21(12-9-20)17-19-15-4-2-3-5-16(15)23-17/h2-7H,8-13H2,1H3. The van der Waals surface area contributed by atoms with Crippen molar-refractivity contribution < 1.29 is 0 Å². The summed E-state index contributed by atoms with van der Waals surface area (Å²) in [5, 5.41) is 5.52. The molecule has 0 N–H and O–H groups in total. The molecule has 4 rings (SSSR count). The average molecular weight is 327 g/mol. The van der Waals surface area contributed by atoms with Crippen molar-refractivity contribution in [1.82, 2.24) is 19.7 Å². The van der Waals surface area contributed by atoms with Gasteiger partial charge in [-0.15, -0.1) is 0 Å². The van der Waals surface area contributed by atoms with Gasteiger partial charge in [-0.3, -0.25) is 9.58 Å². The molecular formula is C17H21N5S. The monoisotopic (exact) mass is 327 g/mol. The van der Waals surface area contributed by atoms with Crippen molar-refractivity contribution in [3.05, 3.63) is 42.2 Å². The average Bonchev–Trinajstić information content (AvgIpc) is 3.19. The van der Waals surface area contributed by atoms with E-state index in [1.807, 2.05) is 6.20 Å². The molecule has 1 aliphatic heterocycles. The molecule has 3 heterocycles. The third kappa shape index (κ3) is 3.09. The predicted molar refractivity (Wildman–Crippen MR) is 95.2 cm³/mol. The van der Waals surface area contributed by atoms with E-state index in [4.69, 9.17) is 4.98 Å². The smallest absolute Gasteiger partial charge is 0.186 e. The number of thiazole rings is 1. The van der Waals surface area contributed by atoms with Crippen molar-refractivity contribution in [3.8, 4) is 0 Å². The molecule has 1 aromatic carbocycles. The fourth-order valence-corrected chi connectivity index (χ4v) is 4.04. The van der Waals surface area contributed by atoms with Crippen LogP contribution in [-0.2, 0) is 6.54 Å². The molecule has 120 valence electrons. The zero-order valence-electron chi connectivity index (χ0n) is 13.4. The Labute approximate surface area is 140 Å². The summed E-state index contributed by atoms with van der Waals surface area (Å²) >= 11 is 1.80. The van der Waals surface area contributed by atoms with Gasteiger partial charge in [0.15, 0.2) is 5.13 Å². The summed E-state index contributed by atoms with van der Waals surface area (Å²) in [6.45, 7) is 8.44. The largest absolute Gasteiger partial charge is 0.345 e. The molecule has 0 saturated carbocycles. The van der Waals surface area contributed by atoms with Crippen molar-refractivity contribution in [3.63, 3.8) is 0 Å². The Bertz CT molecular complexity index is 752. The van der Waals surface area contributed by atoms with Crippen LogP contribution in [0.5, 0.6) is 0 Å². The SMILES string of the molecule is Cc1ccnn1CCN1CCN(c2nc3ccccc3s2)CC1. The minimum Gasteiger partial charge on any atom is -0.345 e. The third-order valence-electron chi connectivity index (χ3n) is 4.48. The van der Waals surface area contributed by atoms with E-state index in [9.17, 15) is 0 Å². The molecule has 6 heteroatoms. The van der Waals surface area contributed by atoms with Gasteiger partial charge in [-0.25, -0.2) is 4.98 Å². The minimum absolute atomic E-state index is 0.972. The van der Waals surface area contributed by atoms with Gasteiger partial charge in [-0.2, -0.15) is 5.10 Å². The number of aryl methyl sites for hydroxylation is 1. The second-order valence-electron chi connectivity index (χ2n) is 5.99. The van der Waals surface area contributed by atoms with Crippen LogP contribution in [-0.4, -0.2) is 52.4 Å². The lowest BCUT2D eigenvalue weighted by Crippen LogP contribution is -2.47. The van der Waals surface area contributed by atoms with Crippen LogP contribution in [0.3, 0.4) is 0 Å². The lowest BCUT2D eigenvalue weighted by Gasteiger charge is -2.34. The molecule has 23 heavy (non-hydrogen) atoms. The maximum absolute atomic E-state index is 4.77. The number of para-hydroxylation sites is 1. The minimum atomic E-state index is 0.972. The van der Waals surface area contributed by atoms with Gasteiger partial charge in [0, 0.05) is 44.6 Å². The predicted octanol–water partition coefficient (Wildman–Crippen LogP) is 2.62. The maximum atomic E-state index is 4.77. The maximum Gasteiger partial charge on any atom is 0.186 e. The molecule has 0 unspecified atom stereocenters. The van der Waals surface area contributed by atoms with Crippen LogP contribution in [0.15, 0.2) is 36.5 Å². The first kappa shape index (κ1) is 14.7. The first-order valence-electron chi connectivity index (χ1n) is 8.11. The Hall–Kier alpha value is -1.92. The number of anilines is 1. The lowest BCUT2D eigenvalue weighted by atomic mass is 10.3. The van der Waals surface area contributed by atoms with E-state index >= 15 is 0 Å². The highest BCUT2D eigenvalue weighted by Crippen LogP contribution is 2.29. The number of aromatic nitrogens is 3. The van der Waals surface area contributed by atoms with E-state index < -0.39 is 0 Å². The number of hydrogen-bond donors (Lipinski definition) is 0. The number of rotatable bonds is 4. The first-order valence-corrected chi connectivity index (χ1v) is 8.92. The van der Waals surface area contributed by atoms with Crippen molar-refractivity contribution in [1.29, 1.82) is 0 Å². The summed E-state index contributed by atoms with van der Waals surface area (Å²) < 4.78 is 3.36. The molecule has 3 aromatic rings. The lowest BCUT2D eigenvalue weighted by molar-refractivity contribution is 0.244. The Morgan fingerprint density at radius 2 is 1.87 bits per heavy atom. The van der Waals surface area contributed by atoms with E-state index in [1.54, 1.807) is 11.3 Å². The van der Waals surface area contributed by atoms with E-state index in [2.05, 4.69) is 56.8 Å². The van der Waals surface area contributed by atoms with Crippen LogP contribution in [0.2, 0.25) is 0 Å². The molecule has 1 fully saturated rings. The van der Waals surface area contributed by atoms with Gasteiger partial charge in [0.05, 0.1) is 16.8 Å². The van der Waals surface area contributed by atoms with Crippen molar-refractivity contribution in [2.75, 3.05) is 37.6 Å². The zero-order valence-corrected chi connectivity index (χ0v) is 14.2. The van der Waals surface area contributed by atoms with Gasteiger partial charge in [0.2, 0.25) is 0 Å². The second-order valence-corrected chi connectivity index (χ2v) is 7.00. The molecule has 0 atom stereocenters. The van der Waals surface area contributed by atoms with Crippen LogP contribution < -0.4 is 4.90 Å². The van der Waals surface area contributed by atoms with Gasteiger partial charge in [-0.05, 0) is 25.1 Å². The molecule has 0 radical (unpaired) electrons.